The highest BCUT2D eigenvalue weighted by atomic mass is 79.9. The minimum Gasteiger partial charge on any atom is -0.496 e. The third-order valence-electron chi connectivity index (χ3n) is 3.41. The van der Waals surface area contributed by atoms with Crippen LogP contribution in [0.2, 0.25) is 0 Å². The lowest BCUT2D eigenvalue weighted by molar-refractivity contribution is 0.398. The third-order valence-corrected chi connectivity index (χ3v) is 6.68. The average Bonchev–Trinajstić information content (AvgIpc) is 2.47. The van der Waals surface area contributed by atoms with E-state index >= 15 is 0 Å². The number of methoxy groups -OCH3 is 1. The standard InChI is InChI=1S/C16H17Br2NO3S/c1-11-4-7-16(14(18)8-11)23(20,21)19(2)10-12-9-13(17)5-6-15(12)22-3/h4-9H,10H2,1-3H3. The maximum absolute atomic E-state index is 12.8. The molecule has 23 heavy (non-hydrogen) atoms. The Bertz CT molecular complexity index is 822. The summed E-state index contributed by atoms with van der Waals surface area (Å²) < 4.78 is 33.6. The van der Waals surface area contributed by atoms with E-state index in [0.717, 1.165) is 15.6 Å². The topological polar surface area (TPSA) is 46.6 Å². The van der Waals surface area contributed by atoms with Gasteiger partial charge in [0.25, 0.3) is 0 Å². The van der Waals surface area contributed by atoms with E-state index in [2.05, 4.69) is 31.9 Å². The fourth-order valence-electron chi connectivity index (χ4n) is 2.18. The summed E-state index contributed by atoms with van der Waals surface area (Å²) in [5.74, 6) is 0.651. The molecule has 0 radical (unpaired) electrons. The van der Waals surface area contributed by atoms with Gasteiger partial charge in [-0.25, -0.2) is 8.42 Å². The van der Waals surface area contributed by atoms with Gasteiger partial charge in [-0.15, -0.1) is 0 Å². The Hall–Kier alpha value is -0.890. The normalized spacial score (nSPS) is 11.7. The molecule has 0 heterocycles. The van der Waals surface area contributed by atoms with Gasteiger partial charge in [0, 0.05) is 28.1 Å². The number of aryl methyl sites for hydroxylation is 1. The maximum Gasteiger partial charge on any atom is 0.244 e. The Labute approximate surface area is 153 Å². The average molecular weight is 463 g/mol. The van der Waals surface area contributed by atoms with Crippen LogP contribution in [0, 0.1) is 6.92 Å². The third kappa shape index (κ3) is 4.15. The maximum atomic E-state index is 12.8. The molecule has 0 aliphatic heterocycles. The van der Waals surface area contributed by atoms with Gasteiger partial charge in [-0.3, -0.25) is 0 Å². The zero-order valence-corrected chi connectivity index (χ0v) is 17.0. The lowest BCUT2D eigenvalue weighted by Gasteiger charge is -2.20. The highest BCUT2D eigenvalue weighted by molar-refractivity contribution is 9.10. The Morgan fingerprint density at radius 3 is 2.43 bits per heavy atom. The first-order valence-electron chi connectivity index (χ1n) is 6.80. The fourth-order valence-corrected chi connectivity index (χ4v) is 4.88. The summed E-state index contributed by atoms with van der Waals surface area (Å²) in [6.07, 6.45) is 0. The van der Waals surface area contributed by atoms with Crippen molar-refractivity contribution in [2.45, 2.75) is 18.4 Å². The molecule has 0 saturated carbocycles. The summed E-state index contributed by atoms with van der Waals surface area (Å²) in [5.41, 5.74) is 1.78. The number of hydrogen-bond donors (Lipinski definition) is 0. The predicted molar refractivity (Wildman–Crippen MR) is 98.2 cm³/mol. The molecular weight excluding hydrogens is 446 g/mol. The van der Waals surface area contributed by atoms with Gasteiger partial charge >= 0.3 is 0 Å². The fraction of sp³-hybridized carbons (Fsp3) is 0.250. The largest absolute Gasteiger partial charge is 0.496 e. The summed E-state index contributed by atoms with van der Waals surface area (Å²) in [5, 5.41) is 0. The van der Waals surface area contributed by atoms with Gasteiger partial charge in [0.1, 0.15) is 5.75 Å². The molecule has 0 amide bonds. The number of hydrogen-bond acceptors (Lipinski definition) is 3. The first-order valence-corrected chi connectivity index (χ1v) is 9.83. The molecule has 0 saturated heterocycles. The van der Waals surface area contributed by atoms with E-state index in [1.54, 1.807) is 32.4 Å². The number of benzene rings is 2. The van der Waals surface area contributed by atoms with Crippen molar-refractivity contribution in [3.8, 4) is 5.75 Å². The van der Waals surface area contributed by atoms with Crippen LogP contribution in [-0.4, -0.2) is 26.9 Å². The minimum atomic E-state index is -3.61. The van der Waals surface area contributed by atoms with E-state index in [4.69, 9.17) is 4.74 Å². The van der Waals surface area contributed by atoms with E-state index in [9.17, 15) is 8.42 Å². The lowest BCUT2D eigenvalue weighted by atomic mass is 10.2. The molecule has 0 N–H and O–H groups in total. The number of ether oxygens (including phenoxy) is 1. The number of sulfonamides is 1. The number of nitrogens with zero attached hydrogens (tertiary/aromatic N) is 1. The van der Waals surface area contributed by atoms with Crippen molar-refractivity contribution in [1.82, 2.24) is 4.31 Å². The SMILES string of the molecule is COc1ccc(Br)cc1CN(C)S(=O)(=O)c1ccc(C)cc1Br. The summed E-state index contributed by atoms with van der Waals surface area (Å²) in [6.45, 7) is 2.13. The van der Waals surface area contributed by atoms with Crippen molar-refractivity contribution in [1.29, 1.82) is 0 Å². The highest BCUT2D eigenvalue weighted by Gasteiger charge is 2.24. The van der Waals surface area contributed by atoms with E-state index in [1.165, 1.54) is 4.31 Å². The van der Waals surface area contributed by atoms with Gasteiger partial charge < -0.3 is 4.74 Å². The molecule has 7 heteroatoms. The van der Waals surface area contributed by atoms with Crippen molar-refractivity contribution in [3.63, 3.8) is 0 Å². The Morgan fingerprint density at radius 1 is 1.13 bits per heavy atom. The summed E-state index contributed by atoms with van der Waals surface area (Å²) >= 11 is 6.74. The summed E-state index contributed by atoms with van der Waals surface area (Å²) in [7, 11) is -0.482. The Morgan fingerprint density at radius 2 is 1.83 bits per heavy atom. The smallest absolute Gasteiger partial charge is 0.244 e. The van der Waals surface area contributed by atoms with Crippen molar-refractivity contribution >= 4 is 41.9 Å². The molecule has 2 aromatic carbocycles. The molecule has 0 aromatic heterocycles. The minimum absolute atomic E-state index is 0.214. The monoisotopic (exact) mass is 461 g/mol. The van der Waals surface area contributed by atoms with Crippen LogP contribution in [0.25, 0.3) is 0 Å². The van der Waals surface area contributed by atoms with Crippen LogP contribution in [-0.2, 0) is 16.6 Å². The van der Waals surface area contributed by atoms with Crippen LogP contribution in [0.1, 0.15) is 11.1 Å². The Kier molecular flexibility index (Phi) is 5.89. The van der Waals surface area contributed by atoms with Gasteiger partial charge in [0.15, 0.2) is 0 Å². The number of rotatable bonds is 5. The molecule has 0 bridgehead atoms. The second kappa shape index (κ2) is 7.34. The molecule has 0 spiro atoms. The molecule has 0 atom stereocenters. The van der Waals surface area contributed by atoms with Crippen molar-refractivity contribution in [3.05, 3.63) is 56.5 Å². The van der Waals surface area contributed by atoms with Crippen molar-refractivity contribution in [2.24, 2.45) is 0 Å². The van der Waals surface area contributed by atoms with Gasteiger partial charge in [-0.1, -0.05) is 22.0 Å². The second-order valence-electron chi connectivity index (χ2n) is 5.15. The van der Waals surface area contributed by atoms with Gasteiger partial charge in [0.05, 0.1) is 12.0 Å². The van der Waals surface area contributed by atoms with Crippen LogP contribution in [0.3, 0.4) is 0 Å². The zero-order valence-electron chi connectivity index (χ0n) is 13.0. The van der Waals surface area contributed by atoms with Crippen LogP contribution in [0.4, 0.5) is 0 Å². The Balaban J connectivity index is 2.36. The molecular formula is C16H17Br2NO3S. The molecule has 4 nitrogen and oxygen atoms in total. The van der Waals surface area contributed by atoms with E-state index < -0.39 is 10.0 Å². The summed E-state index contributed by atoms with van der Waals surface area (Å²) in [6, 6.07) is 10.7. The van der Waals surface area contributed by atoms with Gasteiger partial charge in [0.2, 0.25) is 10.0 Å². The van der Waals surface area contributed by atoms with Gasteiger partial charge in [-0.05, 0) is 58.7 Å². The first-order chi connectivity index (χ1) is 10.8. The van der Waals surface area contributed by atoms with Crippen LogP contribution < -0.4 is 4.74 Å². The molecule has 2 rings (SSSR count). The van der Waals surface area contributed by atoms with Crippen LogP contribution in [0.5, 0.6) is 5.75 Å². The van der Waals surface area contributed by atoms with Crippen molar-refractivity contribution in [2.75, 3.05) is 14.2 Å². The lowest BCUT2D eigenvalue weighted by Crippen LogP contribution is -2.27. The zero-order chi connectivity index (χ0) is 17.2. The van der Waals surface area contributed by atoms with Crippen LogP contribution >= 0.6 is 31.9 Å². The first kappa shape index (κ1) is 18.4. The van der Waals surface area contributed by atoms with Gasteiger partial charge in [-0.2, -0.15) is 4.31 Å². The van der Waals surface area contributed by atoms with E-state index in [1.807, 2.05) is 25.1 Å². The van der Waals surface area contributed by atoms with E-state index in [-0.39, 0.29) is 11.4 Å². The van der Waals surface area contributed by atoms with Crippen molar-refractivity contribution < 1.29 is 13.2 Å². The van der Waals surface area contributed by atoms with E-state index in [0.29, 0.717) is 10.2 Å². The quantitative estimate of drug-likeness (QED) is 0.663. The molecule has 0 unspecified atom stereocenters. The molecule has 0 aliphatic rings. The molecule has 0 fully saturated rings. The molecule has 0 aliphatic carbocycles. The molecule has 2 aromatic rings. The molecule has 124 valence electrons. The highest BCUT2D eigenvalue weighted by Crippen LogP contribution is 2.29. The predicted octanol–water partition coefficient (Wildman–Crippen LogP) is 4.35. The summed E-state index contributed by atoms with van der Waals surface area (Å²) in [4.78, 5) is 0.250. The second-order valence-corrected chi connectivity index (χ2v) is 8.93. The van der Waals surface area contributed by atoms with Crippen LogP contribution in [0.15, 0.2) is 50.2 Å². The number of halogens is 2.